The molecule has 0 saturated heterocycles. The molecule has 1 amide bonds. The van der Waals surface area contributed by atoms with Crippen LogP contribution in [-0.2, 0) is 4.79 Å². The largest absolute Gasteiger partial charge is 0.495 e. The lowest BCUT2D eigenvalue weighted by molar-refractivity contribution is -0.113. The van der Waals surface area contributed by atoms with Gasteiger partial charge in [0.25, 0.3) is 0 Å². The van der Waals surface area contributed by atoms with Crippen molar-refractivity contribution in [3.8, 4) is 5.75 Å². The van der Waals surface area contributed by atoms with Crippen molar-refractivity contribution >= 4 is 40.6 Å². The molecule has 7 heteroatoms. The fourth-order valence-corrected chi connectivity index (χ4v) is 2.46. The molecule has 1 aromatic heterocycles. The van der Waals surface area contributed by atoms with Crippen LogP contribution in [0.15, 0.2) is 41.6 Å². The van der Waals surface area contributed by atoms with E-state index in [2.05, 4.69) is 10.3 Å². The van der Waals surface area contributed by atoms with Gasteiger partial charge in [0, 0.05) is 5.69 Å². The standard InChI is InChI=1S/C14H14ClN3O2S/c1-20-12-4-3-10(6-11(12)15)18-13(19)8-21-14-5-2-9(16)7-17-14/h2-7H,8,16H2,1H3,(H,18,19). The van der Waals surface area contributed by atoms with Gasteiger partial charge in [-0.15, -0.1) is 0 Å². The first-order valence-corrected chi connectivity index (χ1v) is 7.42. The highest BCUT2D eigenvalue weighted by molar-refractivity contribution is 7.99. The molecule has 1 aromatic carbocycles. The minimum absolute atomic E-state index is 0.139. The Balaban J connectivity index is 1.89. The molecule has 110 valence electrons. The molecule has 0 aliphatic carbocycles. The molecule has 0 unspecified atom stereocenters. The molecule has 0 fully saturated rings. The first-order chi connectivity index (χ1) is 10.1. The van der Waals surface area contributed by atoms with Gasteiger partial charge in [-0.3, -0.25) is 4.79 Å². The number of thioether (sulfide) groups is 1. The maximum atomic E-state index is 11.9. The summed E-state index contributed by atoms with van der Waals surface area (Å²) < 4.78 is 5.05. The second kappa shape index (κ2) is 7.19. The predicted molar refractivity (Wildman–Crippen MR) is 86.0 cm³/mol. The average molecular weight is 324 g/mol. The van der Waals surface area contributed by atoms with Gasteiger partial charge in [-0.05, 0) is 30.3 Å². The molecule has 0 aliphatic rings. The highest BCUT2D eigenvalue weighted by Gasteiger charge is 2.07. The van der Waals surface area contributed by atoms with Gasteiger partial charge in [-0.2, -0.15) is 0 Å². The summed E-state index contributed by atoms with van der Waals surface area (Å²) in [7, 11) is 1.54. The van der Waals surface area contributed by atoms with Crippen molar-refractivity contribution in [3.63, 3.8) is 0 Å². The second-order valence-electron chi connectivity index (χ2n) is 4.12. The fraction of sp³-hybridized carbons (Fsp3) is 0.143. The Morgan fingerprint density at radius 1 is 1.43 bits per heavy atom. The Hall–Kier alpha value is -1.92. The van der Waals surface area contributed by atoms with E-state index in [1.54, 1.807) is 36.5 Å². The molecule has 2 rings (SSSR count). The maximum Gasteiger partial charge on any atom is 0.234 e. The molecule has 3 N–H and O–H groups in total. The van der Waals surface area contributed by atoms with Crippen molar-refractivity contribution in [2.24, 2.45) is 0 Å². The van der Waals surface area contributed by atoms with Crippen molar-refractivity contribution in [2.45, 2.75) is 5.03 Å². The van der Waals surface area contributed by atoms with Crippen LogP contribution in [0, 0.1) is 0 Å². The number of ether oxygens (including phenoxy) is 1. The third-order valence-electron chi connectivity index (χ3n) is 2.55. The zero-order valence-corrected chi connectivity index (χ0v) is 12.9. The number of halogens is 1. The zero-order valence-electron chi connectivity index (χ0n) is 11.3. The Bertz CT molecular complexity index is 635. The summed E-state index contributed by atoms with van der Waals surface area (Å²) in [6, 6.07) is 8.60. The van der Waals surface area contributed by atoms with Gasteiger partial charge in [0.15, 0.2) is 0 Å². The minimum atomic E-state index is -0.139. The first kappa shape index (κ1) is 15.5. The van der Waals surface area contributed by atoms with E-state index in [-0.39, 0.29) is 11.7 Å². The average Bonchev–Trinajstić information content (AvgIpc) is 2.47. The molecule has 0 atom stereocenters. The van der Waals surface area contributed by atoms with Gasteiger partial charge in [-0.25, -0.2) is 4.98 Å². The van der Waals surface area contributed by atoms with Crippen LogP contribution in [0.25, 0.3) is 0 Å². The highest BCUT2D eigenvalue weighted by atomic mass is 35.5. The lowest BCUT2D eigenvalue weighted by Crippen LogP contribution is -2.14. The highest BCUT2D eigenvalue weighted by Crippen LogP contribution is 2.27. The number of nitrogen functional groups attached to an aromatic ring is 1. The molecule has 0 radical (unpaired) electrons. The van der Waals surface area contributed by atoms with E-state index in [0.29, 0.717) is 22.1 Å². The first-order valence-electron chi connectivity index (χ1n) is 6.06. The van der Waals surface area contributed by atoms with E-state index in [1.165, 1.54) is 18.9 Å². The van der Waals surface area contributed by atoms with Crippen LogP contribution < -0.4 is 15.8 Å². The zero-order chi connectivity index (χ0) is 15.2. The summed E-state index contributed by atoms with van der Waals surface area (Å²) in [6.45, 7) is 0. The summed E-state index contributed by atoms with van der Waals surface area (Å²) in [6.07, 6.45) is 1.56. The molecule has 0 saturated carbocycles. The minimum Gasteiger partial charge on any atom is -0.495 e. The third-order valence-corrected chi connectivity index (χ3v) is 3.79. The van der Waals surface area contributed by atoms with Crippen LogP contribution in [0.1, 0.15) is 0 Å². The molecule has 21 heavy (non-hydrogen) atoms. The smallest absolute Gasteiger partial charge is 0.234 e. The number of methoxy groups -OCH3 is 1. The molecule has 5 nitrogen and oxygen atoms in total. The Labute approximate surface area is 131 Å². The molecule has 2 aromatic rings. The Kier molecular flexibility index (Phi) is 5.30. The van der Waals surface area contributed by atoms with Crippen molar-refractivity contribution in [3.05, 3.63) is 41.6 Å². The number of amides is 1. The monoisotopic (exact) mass is 323 g/mol. The second-order valence-corrected chi connectivity index (χ2v) is 5.52. The number of rotatable bonds is 5. The van der Waals surface area contributed by atoms with Crippen LogP contribution >= 0.6 is 23.4 Å². The molecule has 1 heterocycles. The van der Waals surface area contributed by atoms with Gasteiger partial charge in [0.2, 0.25) is 5.91 Å². The lowest BCUT2D eigenvalue weighted by Gasteiger charge is -2.08. The third kappa shape index (κ3) is 4.54. The number of hydrogen-bond acceptors (Lipinski definition) is 5. The number of aromatic nitrogens is 1. The van der Waals surface area contributed by atoms with Crippen molar-refractivity contribution in [1.82, 2.24) is 4.98 Å². The number of anilines is 2. The molecule has 0 aliphatic heterocycles. The summed E-state index contributed by atoms with van der Waals surface area (Å²) in [5.74, 6) is 0.676. The molecule has 0 spiro atoms. The van der Waals surface area contributed by atoms with Gasteiger partial charge >= 0.3 is 0 Å². The van der Waals surface area contributed by atoms with Gasteiger partial charge in [-0.1, -0.05) is 23.4 Å². The fourth-order valence-electron chi connectivity index (χ4n) is 1.56. The van der Waals surface area contributed by atoms with Crippen LogP contribution in [0.3, 0.4) is 0 Å². The topological polar surface area (TPSA) is 77.2 Å². The van der Waals surface area contributed by atoms with Crippen LogP contribution in [-0.4, -0.2) is 23.8 Å². The lowest BCUT2D eigenvalue weighted by atomic mass is 10.3. The SMILES string of the molecule is COc1ccc(NC(=O)CSc2ccc(N)cn2)cc1Cl. The Morgan fingerprint density at radius 3 is 2.86 bits per heavy atom. The van der Waals surface area contributed by atoms with E-state index in [1.807, 2.05) is 0 Å². The van der Waals surface area contributed by atoms with Crippen molar-refractivity contribution in [2.75, 3.05) is 23.9 Å². The van der Waals surface area contributed by atoms with E-state index in [4.69, 9.17) is 22.1 Å². The number of benzene rings is 1. The summed E-state index contributed by atoms with van der Waals surface area (Å²) >= 11 is 7.33. The summed E-state index contributed by atoms with van der Waals surface area (Å²) in [4.78, 5) is 16.0. The van der Waals surface area contributed by atoms with Gasteiger partial charge in [0.1, 0.15) is 5.75 Å². The maximum absolute atomic E-state index is 11.9. The van der Waals surface area contributed by atoms with Crippen LogP contribution in [0.4, 0.5) is 11.4 Å². The van der Waals surface area contributed by atoms with Gasteiger partial charge < -0.3 is 15.8 Å². The Morgan fingerprint density at radius 2 is 2.24 bits per heavy atom. The summed E-state index contributed by atoms with van der Waals surface area (Å²) in [5, 5.41) is 3.95. The quantitative estimate of drug-likeness (QED) is 0.827. The van der Waals surface area contributed by atoms with E-state index >= 15 is 0 Å². The molecule has 0 bridgehead atoms. The molecular formula is C14H14ClN3O2S. The van der Waals surface area contributed by atoms with E-state index in [0.717, 1.165) is 5.03 Å². The number of nitrogens with two attached hydrogens (primary N) is 1. The number of carbonyl (C=O) groups excluding carboxylic acids is 1. The van der Waals surface area contributed by atoms with Crippen molar-refractivity contribution < 1.29 is 9.53 Å². The van der Waals surface area contributed by atoms with Crippen LogP contribution in [0.2, 0.25) is 5.02 Å². The van der Waals surface area contributed by atoms with Gasteiger partial charge in [0.05, 0.1) is 34.8 Å². The van der Waals surface area contributed by atoms with Crippen molar-refractivity contribution in [1.29, 1.82) is 0 Å². The summed E-state index contributed by atoms with van der Waals surface area (Å²) in [5.41, 5.74) is 6.76. The van der Waals surface area contributed by atoms with E-state index < -0.39 is 0 Å². The number of pyridine rings is 1. The number of nitrogens with one attached hydrogen (secondary N) is 1. The van der Waals surface area contributed by atoms with E-state index in [9.17, 15) is 4.79 Å². The number of hydrogen-bond donors (Lipinski definition) is 2. The normalized spacial score (nSPS) is 10.2. The predicted octanol–water partition coefficient (Wildman–Crippen LogP) is 3.06. The number of carbonyl (C=O) groups is 1. The number of nitrogens with zero attached hydrogens (tertiary/aromatic N) is 1. The van der Waals surface area contributed by atoms with Crippen LogP contribution in [0.5, 0.6) is 5.75 Å². The molecular weight excluding hydrogens is 310 g/mol.